The van der Waals surface area contributed by atoms with Crippen LogP contribution in [0.3, 0.4) is 0 Å². The van der Waals surface area contributed by atoms with E-state index in [0.29, 0.717) is 5.92 Å². The number of benzene rings is 1. The molecule has 4 nitrogen and oxygen atoms in total. The van der Waals surface area contributed by atoms with E-state index in [9.17, 15) is 0 Å². The summed E-state index contributed by atoms with van der Waals surface area (Å²) in [5.41, 5.74) is 6.27. The largest absolute Gasteiger partial charge is 0.283 e. The highest BCUT2D eigenvalue weighted by Crippen LogP contribution is 2.30. The second-order valence-electron chi connectivity index (χ2n) is 6.40. The Labute approximate surface area is 136 Å². The van der Waals surface area contributed by atoms with Crippen LogP contribution in [0, 0.1) is 20.8 Å². The van der Waals surface area contributed by atoms with Crippen molar-refractivity contribution in [2.75, 3.05) is 0 Å². The van der Waals surface area contributed by atoms with Crippen molar-refractivity contribution in [3.05, 3.63) is 58.9 Å². The minimum absolute atomic E-state index is 0.294. The summed E-state index contributed by atoms with van der Waals surface area (Å²) in [5, 5.41) is 9.05. The highest BCUT2D eigenvalue weighted by molar-refractivity contribution is 5.54. The van der Waals surface area contributed by atoms with Crippen LogP contribution in [0.25, 0.3) is 5.65 Å². The highest BCUT2D eigenvalue weighted by Gasteiger charge is 2.15. The van der Waals surface area contributed by atoms with Crippen LogP contribution >= 0.6 is 0 Å². The van der Waals surface area contributed by atoms with Gasteiger partial charge in [-0.3, -0.25) is 4.40 Å². The van der Waals surface area contributed by atoms with Crippen LogP contribution in [0.15, 0.2) is 46.8 Å². The van der Waals surface area contributed by atoms with Gasteiger partial charge in [-0.1, -0.05) is 32.0 Å². The van der Waals surface area contributed by atoms with Crippen LogP contribution in [-0.4, -0.2) is 9.38 Å². The summed E-state index contributed by atoms with van der Waals surface area (Å²) in [7, 11) is 0. The van der Waals surface area contributed by atoms with E-state index in [4.69, 9.17) is 4.98 Å². The Balaban J connectivity index is 2.14. The average molecular weight is 306 g/mol. The lowest BCUT2D eigenvalue weighted by molar-refractivity contribution is 0.831. The first kappa shape index (κ1) is 15.4. The second-order valence-corrected chi connectivity index (χ2v) is 6.40. The molecular formula is C19H22N4. The lowest BCUT2D eigenvalue weighted by Crippen LogP contribution is -1.88. The van der Waals surface area contributed by atoms with E-state index < -0.39 is 0 Å². The van der Waals surface area contributed by atoms with Gasteiger partial charge in [0.15, 0.2) is 5.82 Å². The lowest BCUT2D eigenvalue weighted by atomic mass is 10.1. The molecule has 0 unspecified atom stereocenters. The number of fused-ring (bicyclic) bond motifs is 1. The van der Waals surface area contributed by atoms with Crippen LogP contribution in [0.1, 0.15) is 42.1 Å². The van der Waals surface area contributed by atoms with Crippen molar-refractivity contribution in [1.29, 1.82) is 0 Å². The summed E-state index contributed by atoms with van der Waals surface area (Å²) in [6, 6.07) is 10.3. The zero-order valence-electron chi connectivity index (χ0n) is 14.3. The van der Waals surface area contributed by atoms with Crippen molar-refractivity contribution in [3.63, 3.8) is 0 Å². The summed E-state index contributed by atoms with van der Waals surface area (Å²) in [6.45, 7) is 10.4. The van der Waals surface area contributed by atoms with E-state index in [-0.39, 0.29) is 0 Å². The molecule has 0 radical (unpaired) electrons. The first-order valence-electron chi connectivity index (χ1n) is 7.93. The Morgan fingerprint density at radius 3 is 2.43 bits per heavy atom. The van der Waals surface area contributed by atoms with Gasteiger partial charge in [-0.15, -0.1) is 10.2 Å². The number of nitrogens with zero attached hydrogens (tertiary/aromatic N) is 4. The van der Waals surface area contributed by atoms with Crippen molar-refractivity contribution in [3.8, 4) is 0 Å². The number of aromatic nitrogens is 2. The number of pyridine rings is 1. The van der Waals surface area contributed by atoms with Crippen LogP contribution < -0.4 is 0 Å². The molecule has 118 valence electrons. The topological polar surface area (TPSA) is 42.0 Å². The van der Waals surface area contributed by atoms with Crippen molar-refractivity contribution < 1.29 is 0 Å². The number of aryl methyl sites for hydroxylation is 3. The second kappa shape index (κ2) is 5.95. The van der Waals surface area contributed by atoms with Crippen molar-refractivity contribution >= 4 is 17.2 Å². The minimum atomic E-state index is 0.294. The normalized spacial score (nSPS) is 11.9. The third kappa shape index (κ3) is 3.02. The van der Waals surface area contributed by atoms with Gasteiger partial charge in [0.2, 0.25) is 0 Å². The number of hydrogen-bond donors (Lipinski definition) is 0. The van der Waals surface area contributed by atoms with Crippen molar-refractivity contribution in [2.24, 2.45) is 10.2 Å². The highest BCUT2D eigenvalue weighted by atomic mass is 15.2. The third-order valence-corrected chi connectivity index (χ3v) is 3.93. The van der Waals surface area contributed by atoms with Crippen molar-refractivity contribution in [2.45, 2.75) is 40.5 Å². The van der Waals surface area contributed by atoms with Gasteiger partial charge in [0.1, 0.15) is 5.65 Å². The zero-order valence-corrected chi connectivity index (χ0v) is 14.3. The predicted molar refractivity (Wildman–Crippen MR) is 94.1 cm³/mol. The lowest BCUT2D eigenvalue weighted by Gasteiger charge is -2.03. The van der Waals surface area contributed by atoms with Crippen LogP contribution in [0.4, 0.5) is 11.5 Å². The maximum absolute atomic E-state index is 4.71. The van der Waals surface area contributed by atoms with Gasteiger partial charge in [0, 0.05) is 6.20 Å². The van der Waals surface area contributed by atoms with E-state index in [1.807, 2.05) is 10.5 Å². The van der Waals surface area contributed by atoms with E-state index in [1.54, 1.807) is 0 Å². The molecule has 0 amide bonds. The van der Waals surface area contributed by atoms with Gasteiger partial charge in [0.05, 0.1) is 11.4 Å². The molecule has 3 rings (SSSR count). The first-order valence-corrected chi connectivity index (χ1v) is 7.93. The molecular weight excluding hydrogens is 284 g/mol. The molecule has 0 N–H and O–H groups in total. The maximum Gasteiger partial charge on any atom is 0.183 e. The molecule has 0 aliphatic heterocycles. The van der Waals surface area contributed by atoms with Crippen LogP contribution in [-0.2, 0) is 0 Å². The molecule has 4 heteroatoms. The molecule has 0 saturated heterocycles. The number of azo groups is 1. The Hall–Kier alpha value is -2.49. The fourth-order valence-electron chi connectivity index (χ4n) is 2.57. The quantitative estimate of drug-likeness (QED) is 0.564. The molecule has 1 aromatic carbocycles. The number of rotatable bonds is 3. The molecule has 0 atom stereocenters. The Morgan fingerprint density at radius 1 is 0.957 bits per heavy atom. The summed E-state index contributed by atoms with van der Waals surface area (Å²) in [6.07, 6.45) is 2.06. The smallest absolute Gasteiger partial charge is 0.183 e. The number of imidazole rings is 1. The SMILES string of the molecule is Cc1ccc(C)c(N=Nc2c(C(C)C)nc3ccc(C)cn23)c1. The molecule has 0 fully saturated rings. The van der Waals surface area contributed by atoms with Gasteiger partial charge >= 0.3 is 0 Å². The third-order valence-electron chi connectivity index (χ3n) is 3.93. The molecule has 0 bridgehead atoms. The predicted octanol–water partition coefficient (Wildman–Crippen LogP) is 5.80. The zero-order chi connectivity index (χ0) is 16.6. The molecule has 2 aromatic heterocycles. The average Bonchev–Trinajstić information content (AvgIpc) is 2.86. The van der Waals surface area contributed by atoms with Crippen LogP contribution in [0.2, 0.25) is 0 Å². The van der Waals surface area contributed by atoms with E-state index in [1.165, 1.54) is 11.1 Å². The summed E-state index contributed by atoms with van der Waals surface area (Å²) >= 11 is 0. The molecule has 23 heavy (non-hydrogen) atoms. The standard InChI is InChI=1S/C19H22N4/c1-12(2)18-19(23-11-14(4)7-9-17(23)20-18)22-21-16-10-13(3)6-8-15(16)5/h6-12H,1-5H3. The maximum atomic E-state index is 4.71. The molecule has 0 aliphatic rings. The molecule has 0 saturated carbocycles. The molecule has 2 heterocycles. The van der Waals surface area contributed by atoms with Gasteiger partial charge in [-0.05, 0) is 55.5 Å². The van der Waals surface area contributed by atoms with E-state index >= 15 is 0 Å². The minimum Gasteiger partial charge on any atom is -0.283 e. The molecule has 0 spiro atoms. The van der Waals surface area contributed by atoms with Gasteiger partial charge < -0.3 is 0 Å². The van der Waals surface area contributed by atoms with Gasteiger partial charge in [0.25, 0.3) is 0 Å². The summed E-state index contributed by atoms with van der Waals surface area (Å²) < 4.78 is 2.03. The van der Waals surface area contributed by atoms with E-state index in [0.717, 1.165) is 28.4 Å². The first-order chi connectivity index (χ1) is 11.0. The fourth-order valence-corrected chi connectivity index (χ4v) is 2.57. The van der Waals surface area contributed by atoms with Crippen molar-refractivity contribution in [1.82, 2.24) is 9.38 Å². The Kier molecular flexibility index (Phi) is 3.99. The number of hydrogen-bond acceptors (Lipinski definition) is 3. The Morgan fingerprint density at radius 2 is 1.70 bits per heavy atom. The monoisotopic (exact) mass is 306 g/mol. The molecule has 0 aliphatic carbocycles. The molecule has 3 aromatic rings. The summed E-state index contributed by atoms with van der Waals surface area (Å²) in [4.78, 5) is 4.71. The fraction of sp³-hybridized carbons (Fsp3) is 0.316. The van der Waals surface area contributed by atoms with Gasteiger partial charge in [-0.2, -0.15) is 0 Å². The Bertz CT molecular complexity index is 888. The van der Waals surface area contributed by atoms with E-state index in [2.05, 4.69) is 75.3 Å². The van der Waals surface area contributed by atoms with Gasteiger partial charge in [-0.25, -0.2) is 4.98 Å². The van der Waals surface area contributed by atoms with Crippen LogP contribution in [0.5, 0.6) is 0 Å². The summed E-state index contributed by atoms with van der Waals surface area (Å²) in [5.74, 6) is 1.11.